The molecule has 5 heteroatoms. The summed E-state index contributed by atoms with van der Waals surface area (Å²) in [6.07, 6.45) is 3.27. The Morgan fingerprint density at radius 2 is 2.10 bits per heavy atom. The molecule has 1 unspecified atom stereocenters. The second-order valence-electron chi connectivity index (χ2n) is 4.56. The van der Waals surface area contributed by atoms with Gasteiger partial charge < -0.3 is 11.1 Å². The van der Waals surface area contributed by atoms with Crippen LogP contribution in [0.2, 0.25) is 0 Å². The number of carbonyl (C=O) groups excluding carboxylic acids is 1. The molecule has 0 aliphatic carbocycles. The number of benzene rings is 1. The van der Waals surface area contributed by atoms with Gasteiger partial charge in [0.25, 0.3) is 0 Å². The third-order valence-electron chi connectivity index (χ3n) is 2.73. The van der Waals surface area contributed by atoms with E-state index in [1.165, 1.54) is 6.08 Å². The number of nitrogens with zero attached hydrogens (tertiary/aromatic N) is 1. The molecule has 0 saturated carbocycles. The number of carbonyl (C=O) groups is 1. The quantitative estimate of drug-likeness (QED) is 0.671. The van der Waals surface area contributed by atoms with Crippen molar-refractivity contribution < 1.29 is 4.79 Å². The fourth-order valence-corrected chi connectivity index (χ4v) is 2.48. The van der Waals surface area contributed by atoms with Gasteiger partial charge in [0, 0.05) is 22.8 Å². The van der Waals surface area contributed by atoms with Crippen molar-refractivity contribution in [1.82, 2.24) is 10.3 Å². The Balaban J connectivity index is 1.93. The molecule has 0 radical (unpaired) electrons. The van der Waals surface area contributed by atoms with Crippen LogP contribution in [0.1, 0.15) is 29.2 Å². The molecule has 0 aliphatic rings. The summed E-state index contributed by atoms with van der Waals surface area (Å²) >= 11 is 1.55. The first-order valence-electron chi connectivity index (χ1n) is 6.31. The fraction of sp³-hybridized carbons (Fsp3) is 0.200. The Bertz CT molecular complexity index is 616. The first-order valence-corrected chi connectivity index (χ1v) is 7.18. The number of thiazole rings is 1. The SMILES string of the molecule is Cc1csc(C(C)NC(=O)/C=C/c2ccc(N)cc2)n1. The summed E-state index contributed by atoms with van der Waals surface area (Å²) in [7, 11) is 0. The zero-order valence-electron chi connectivity index (χ0n) is 11.5. The summed E-state index contributed by atoms with van der Waals surface area (Å²) in [6.45, 7) is 3.86. The lowest BCUT2D eigenvalue weighted by atomic mass is 10.2. The molecule has 2 rings (SSSR count). The lowest BCUT2D eigenvalue weighted by Crippen LogP contribution is -2.24. The van der Waals surface area contributed by atoms with E-state index in [1.54, 1.807) is 29.5 Å². The van der Waals surface area contributed by atoms with Crippen LogP contribution in [0.15, 0.2) is 35.7 Å². The molecule has 1 amide bonds. The molecule has 0 spiro atoms. The van der Waals surface area contributed by atoms with Gasteiger partial charge in [0.1, 0.15) is 5.01 Å². The summed E-state index contributed by atoms with van der Waals surface area (Å²) < 4.78 is 0. The van der Waals surface area contributed by atoms with Crippen molar-refractivity contribution in [2.45, 2.75) is 19.9 Å². The van der Waals surface area contributed by atoms with E-state index in [2.05, 4.69) is 10.3 Å². The normalized spacial score (nSPS) is 12.5. The monoisotopic (exact) mass is 287 g/mol. The Labute approximate surface area is 122 Å². The molecule has 2 aromatic rings. The minimum atomic E-state index is -0.137. The van der Waals surface area contributed by atoms with E-state index < -0.39 is 0 Å². The highest BCUT2D eigenvalue weighted by molar-refractivity contribution is 7.09. The number of anilines is 1. The molecular weight excluding hydrogens is 270 g/mol. The van der Waals surface area contributed by atoms with Gasteiger partial charge in [-0.15, -0.1) is 11.3 Å². The van der Waals surface area contributed by atoms with Crippen LogP contribution >= 0.6 is 11.3 Å². The van der Waals surface area contributed by atoms with Gasteiger partial charge in [0.05, 0.1) is 6.04 Å². The molecule has 1 atom stereocenters. The van der Waals surface area contributed by atoms with Gasteiger partial charge in [0.15, 0.2) is 0 Å². The highest BCUT2D eigenvalue weighted by Gasteiger charge is 2.10. The van der Waals surface area contributed by atoms with Gasteiger partial charge in [-0.25, -0.2) is 4.98 Å². The Kier molecular flexibility index (Phi) is 4.53. The molecular formula is C15H17N3OS. The van der Waals surface area contributed by atoms with Crippen molar-refractivity contribution in [3.63, 3.8) is 0 Å². The molecule has 104 valence electrons. The average Bonchev–Trinajstić information content (AvgIpc) is 2.85. The number of rotatable bonds is 4. The molecule has 0 fully saturated rings. The molecule has 4 nitrogen and oxygen atoms in total. The van der Waals surface area contributed by atoms with E-state index in [-0.39, 0.29) is 11.9 Å². The van der Waals surface area contributed by atoms with E-state index in [1.807, 2.05) is 31.4 Å². The van der Waals surface area contributed by atoms with Gasteiger partial charge in [-0.1, -0.05) is 12.1 Å². The predicted molar refractivity (Wildman–Crippen MR) is 83.3 cm³/mol. The Morgan fingerprint density at radius 3 is 2.70 bits per heavy atom. The van der Waals surface area contributed by atoms with Crippen molar-refractivity contribution >= 4 is 29.0 Å². The zero-order valence-corrected chi connectivity index (χ0v) is 12.3. The number of hydrogen-bond acceptors (Lipinski definition) is 4. The minimum Gasteiger partial charge on any atom is -0.399 e. The number of amides is 1. The molecule has 3 N–H and O–H groups in total. The van der Waals surface area contributed by atoms with Crippen LogP contribution in [-0.2, 0) is 4.79 Å². The van der Waals surface area contributed by atoms with E-state index >= 15 is 0 Å². The third-order valence-corrected chi connectivity index (χ3v) is 3.87. The summed E-state index contributed by atoms with van der Waals surface area (Å²) in [5, 5.41) is 5.78. The number of nitrogens with one attached hydrogen (secondary N) is 1. The second-order valence-corrected chi connectivity index (χ2v) is 5.45. The molecule has 0 bridgehead atoms. The molecule has 1 aromatic carbocycles. The smallest absolute Gasteiger partial charge is 0.244 e. The fourth-order valence-electron chi connectivity index (χ4n) is 1.67. The maximum absolute atomic E-state index is 11.8. The van der Waals surface area contributed by atoms with Crippen molar-refractivity contribution in [3.05, 3.63) is 52.0 Å². The number of nitrogens with two attached hydrogens (primary N) is 1. The van der Waals surface area contributed by atoms with Gasteiger partial charge in [0.2, 0.25) is 5.91 Å². The van der Waals surface area contributed by atoms with E-state index in [4.69, 9.17) is 5.73 Å². The standard InChI is InChI=1S/C15H17N3OS/c1-10-9-20-15(17-10)11(2)18-14(19)8-5-12-3-6-13(16)7-4-12/h3-9,11H,16H2,1-2H3,(H,18,19)/b8-5+. The second kappa shape index (κ2) is 6.34. The summed E-state index contributed by atoms with van der Waals surface area (Å²) in [4.78, 5) is 16.2. The summed E-state index contributed by atoms with van der Waals surface area (Å²) in [5.74, 6) is -0.137. The van der Waals surface area contributed by atoms with Gasteiger partial charge in [-0.3, -0.25) is 4.79 Å². The van der Waals surface area contributed by atoms with E-state index in [9.17, 15) is 4.79 Å². The van der Waals surface area contributed by atoms with Crippen LogP contribution < -0.4 is 11.1 Å². The molecule has 0 aliphatic heterocycles. The number of nitrogen functional groups attached to an aromatic ring is 1. The maximum Gasteiger partial charge on any atom is 0.244 e. The molecule has 1 aromatic heterocycles. The topological polar surface area (TPSA) is 68.0 Å². The maximum atomic E-state index is 11.8. The Hall–Kier alpha value is -2.14. The lowest BCUT2D eigenvalue weighted by Gasteiger charge is -2.08. The van der Waals surface area contributed by atoms with Crippen molar-refractivity contribution in [1.29, 1.82) is 0 Å². The zero-order chi connectivity index (χ0) is 14.5. The summed E-state index contributed by atoms with van der Waals surface area (Å²) in [5.41, 5.74) is 8.23. The van der Waals surface area contributed by atoms with Crippen LogP contribution in [0, 0.1) is 6.92 Å². The summed E-state index contributed by atoms with van der Waals surface area (Å²) in [6, 6.07) is 7.26. The van der Waals surface area contributed by atoms with Gasteiger partial charge in [-0.2, -0.15) is 0 Å². The van der Waals surface area contributed by atoms with E-state index in [0.717, 1.165) is 16.3 Å². The van der Waals surface area contributed by atoms with E-state index in [0.29, 0.717) is 5.69 Å². The van der Waals surface area contributed by atoms with Crippen molar-refractivity contribution in [2.24, 2.45) is 0 Å². The van der Waals surface area contributed by atoms with Crippen molar-refractivity contribution in [3.8, 4) is 0 Å². The van der Waals surface area contributed by atoms with Crippen LogP contribution in [0.3, 0.4) is 0 Å². The molecule has 0 saturated heterocycles. The first kappa shape index (κ1) is 14.3. The van der Waals surface area contributed by atoms with Crippen LogP contribution in [0.25, 0.3) is 6.08 Å². The highest BCUT2D eigenvalue weighted by atomic mass is 32.1. The van der Waals surface area contributed by atoms with Gasteiger partial charge in [-0.05, 0) is 37.6 Å². The van der Waals surface area contributed by atoms with Gasteiger partial charge >= 0.3 is 0 Å². The molecule has 1 heterocycles. The Morgan fingerprint density at radius 1 is 1.40 bits per heavy atom. The number of aryl methyl sites for hydroxylation is 1. The highest BCUT2D eigenvalue weighted by Crippen LogP contribution is 2.17. The largest absolute Gasteiger partial charge is 0.399 e. The molecule has 20 heavy (non-hydrogen) atoms. The number of aromatic nitrogens is 1. The lowest BCUT2D eigenvalue weighted by molar-refractivity contribution is -0.117. The number of hydrogen-bond donors (Lipinski definition) is 2. The van der Waals surface area contributed by atoms with Crippen molar-refractivity contribution in [2.75, 3.05) is 5.73 Å². The third kappa shape index (κ3) is 3.93. The minimum absolute atomic E-state index is 0.0859. The first-order chi connectivity index (χ1) is 9.54. The predicted octanol–water partition coefficient (Wildman–Crippen LogP) is 2.92. The van der Waals surface area contributed by atoms with Crippen LogP contribution in [0.5, 0.6) is 0 Å². The average molecular weight is 287 g/mol. The van der Waals surface area contributed by atoms with Crippen LogP contribution in [0.4, 0.5) is 5.69 Å². The van der Waals surface area contributed by atoms with Crippen LogP contribution in [-0.4, -0.2) is 10.9 Å².